The Bertz CT molecular complexity index is 626. The number of ether oxygens (including phenoxy) is 2. The van der Waals surface area contributed by atoms with E-state index in [-0.39, 0.29) is 0 Å². The van der Waals surface area contributed by atoms with Crippen molar-refractivity contribution >= 4 is 11.9 Å². The molecule has 3 rings (SSSR count). The number of hydrogen-bond acceptors (Lipinski definition) is 5. The molecule has 2 aliphatic heterocycles. The van der Waals surface area contributed by atoms with Crippen LogP contribution < -0.4 is 10.6 Å². The maximum atomic E-state index is 13.5. The molecule has 2 N–H and O–H groups in total. The molecule has 1 aliphatic carbocycles. The molecular formula is C17H24F2N4O4. The van der Waals surface area contributed by atoms with E-state index >= 15 is 0 Å². The van der Waals surface area contributed by atoms with Crippen molar-refractivity contribution in [2.75, 3.05) is 26.3 Å². The summed E-state index contributed by atoms with van der Waals surface area (Å²) in [6, 6.07) is -0.0320. The molecule has 3 aliphatic rings. The second-order valence-electron chi connectivity index (χ2n) is 7.55. The summed E-state index contributed by atoms with van der Waals surface area (Å²) >= 11 is 0. The lowest BCUT2D eigenvalue weighted by Gasteiger charge is -2.38. The van der Waals surface area contributed by atoms with E-state index in [0.29, 0.717) is 58.9 Å². The second kappa shape index (κ2) is 7.20. The quantitative estimate of drug-likeness (QED) is 0.737. The van der Waals surface area contributed by atoms with Gasteiger partial charge in [-0.25, -0.2) is 13.6 Å². The van der Waals surface area contributed by atoms with Crippen molar-refractivity contribution in [1.29, 1.82) is 5.26 Å². The number of urea groups is 1. The number of nitriles is 1. The molecule has 150 valence electrons. The number of carbonyl (C=O) groups is 2. The standard InChI is InChI=1S/C17H24F2N4O4/c1-15(18,19)10-12(13(24)22-16(11-20)2-3-16)21-14(25)23-6-4-17(5-7-23)26-8-9-27-17/h12H,2-10H2,1H3,(H,21,25)(H,22,24)/t12-/m0/s1. The van der Waals surface area contributed by atoms with Gasteiger partial charge >= 0.3 is 6.03 Å². The summed E-state index contributed by atoms with van der Waals surface area (Å²) in [5, 5.41) is 14.0. The van der Waals surface area contributed by atoms with Crippen molar-refractivity contribution in [3.8, 4) is 6.07 Å². The van der Waals surface area contributed by atoms with E-state index in [1.807, 2.05) is 6.07 Å². The summed E-state index contributed by atoms with van der Waals surface area (Å²) in [6.07, 6.45) is 1.09. The molecule has 3 amide bonds. The van der Waals surface area contributed by atoms with E-state index in [1.165, 1.54) is 4.90 Å². The molecule has 0 aromatic heterocycles. The molecule has 8 nitrogen and oxygen atoms in total. The molecule has 0 aromatic carbocycles. The molecule has 0 bridgehead atoms. The number of rotatable bonds is 5. The molecule has 2 heterocycles. The molecule has 3 fully saturated rings. The molecule has 27 heavy (non-hydrogen) atoms. The average molecular weight is 386 g/mol. The molecule has 0 radical (unpaired) electrons. The molecule has 1 spiro atoms. The van der Waals surface area contributed by atoms with Crippen LogP contribution in [0.2, 0.25) is 0 Å². The smallest absolute Gasteiger partial charge is 0.318 e. The molecular weight excluding hydrogens is 362 g/mol. The fourth-order valence-corrected chi connectivity index (χ4v) is 3.36. The van der Waals surface area contributed by atoms with Crippen molar-refractivity contribution < 1.29 is 27.8 Å². The van der Waals surface area contributed by atoms with E-state index in [2.05, 4.69) is 10.6 Å². The first kappa shape index (κ1) is 19.8. The van der Waals surface area contributed by atoms with Gasteiger partial charge in [0.25, 0.3) is 0 Å². The lowest BCUT2D eigenvalue weighted by Crippen LogP contribution is -2.57. The monoisotopic (exact) mass is 386 g/mol. The number of amides is 3. The third kappa shape index (κ3) is 4.84. The van der Waals surface area contributed by atoms with Gasteiger partial charge in [0.15, 0.2) is 5.79 Å². The Morgan fingerprint density at radius 2 is 1.81 bits per heavy atom. The number of likely N-dealkylation sites (tertiary alicyclic amines) is 1. The highest BCUT2D eigenvalue weighted by Gasteiger charge is 2.47. The van der Waals surface area contributed by atoms with Gasteiger partial charge in [0.1, 0.15) is 11.6 Å². The highest BCUT2D eigenvalue weighted by atomic mass is 19.3. The number of halogens is 2. The summed E-state index contributed by atoms with van der Waals surface area (Å²) in [4.78, 5) is 26.3. The minimum absolute atomic E-state index is 0.338. The Hall–Kier alpha value is -1.99. The van der Waals surface area contributed by atoms with Crippen molar-refractivity contribution in [2.45, 2.75) is 62.3 Å². The lowest BCUT2D eigenvalue weighted by atomic mass is 10.0. The topological polar surface area (TPSA) is 104 Å². The van der Waals surface area contributed by atoms with E-state index < -0.39 is 41.6 Å². The number of nitrogens with one attached hydrogen (secondary N) is 2. The third-order valence-electron chi connectivity index (χ3n) is 5.13. The fourth-order valence-electron chi connectivity index (χ4n) is 3.36. The first-order valence-electron chi connectivity index (χ1n) is 9.10. The number of carbonyl (C=O) groups excluding carboxylic acids is 2. The number of alkyl halides is 2. The summed E-state index contributed by atoms with van der Waals surface area (Å²) < 4.78 is 38.2. The fraction of sp³-hybridized carbons (Fsp3) is 0.824. The Balaban J connectivity index is 1.58. The normalized spacial score (nSPS) is 24.1. The molecule has 1 atom stereocenters. The predicted molar refractivity (Wildman–Crippen MR) is 88.7 cm³/mol. The van der Waals surface area contributed by atoms with Gasteiger partial charge < -0.3 is 25.0 Å². The lowest BCUT2D eigenvalue weighted by molar-refractivity contribution is -0.181. The van der Waals surface area contributed by atoms with Crippen LogP contribution in [0.3, 0.4) is 0 Å². The van der Waals surface area contributed by atoms with Crippen LogP contribution in [-0.2, 0) is 14.3 Å². The predicted octanol–water partition coefficient (Wildman–Crippen LogP) is 1.12. The summed E-state index contributed by atoms with van der Waals surface area (Å²) in [5.74, 6) is -4.56. The van der Waals surface area contributed by atoms with Gasteiger partial charge in [-0.05, 0) is 19.8 Å². The first-order valence-corrected chi connectivity index (χ1v) is 9.10. The molecule has 0 aromatic rings. The Kier molecular flexibility index (Phi) is 5.27. The van der Waals surface area contributed by atoms with Crippen molar-refractivity contribution in [3.63, 3.8) is 0 Å². The summed E-state index contributed by atoms with van der Waals surface area (Å²) in [7, 11) is 0. The number of hydrogen-bond donors (Lipinski definition) is 2. The molecule has 10 heteroatoms. The summed E-state index contributed by atoms with van der Waals surface area (Å²) in [6.45, 7) is 2.40. The van der Waals surface area contributed by atoms with E-state index in [1.54, 1.807) is 0 Å². The van der Waals surface area contributed by atoms with Crippen molar-refractivity contribution in [3.05, 3.63) is 0 Å². The third-order valence-corrected chi connectivity index (χ3v) is 5.13. The van der Waals surface area contributed by atoms with E-state index in [9.17, 15) is 18.4 Å². The Morgan fingerprint density at radius 1 is 1.22 bits per heavy atom. The number of piperidine rings is 1. The van der Waals surface area contributed by atoms with Crippen molar-refractivity contribution in [1.82, 2.24) is 15.5 Å². The molecule has 1 saturated carbocycles. The highest BCUT2D eigenvalue weighted by molar-refractivity contribution is 5.88. The molecule has 0 unspecified atom stereocenters. The van der Waals surface area contributed by atoms with E-state index in [0.717, 1.165) is 0 Å². The van der Waals surface area contributed by atoms with Gasteiger partial charge in [0.05, 0.1) is 19.3 Å². The van der Waals surface area contributed by atoms with Crippen LogP contribution in [0.1, 0.15) is 39.0 Å². The Morgan fingerprint density at radius 3 is 2.30 bits per heavy atom. The van der Waals surface area contributed by atoms with Crippen LogP contribution in [0, 0.1) is 11.3 Å². The minimum Gasteiger partial charge on any atom is -0.347 e. The van der Waals surface area contributed by atoms with Gasteiger partial charge in [0.2, 0.25) is 11.8 Å². The van der Waals surface area contributed by atoms with Crippen LogP contribution in [-0.4, -0.2) is 66.4 Å². The Labute approximate surface area is 156 Å². The largest absolute Gasteiger partial charge is 0.347 e. The second-order valence-corrected chi connectivity index (χ2v) is 7.55. The first-order chi connectivity index (χ1) is 12.7. The van der Waals surface area contributed by atoms with E-state index in [4.69, 9.17) is 14.7 Å². The number of nitrogens with zero attached hydrogens (tertiary/aromatic N) is 2. The van der Waals surface area contributed by atoms with Gasteiger partial charge in [-0.1, -0.05) is 0 Å². The maximum Gasteiger partial charge on any atom is 0.318 e. The molecule has 2 saturated heterocycles. The van der Waals surface area contributed by atoms with Crippen LogP contribution in [0.15, 0.2) is 0 Å². The van der Waals surface area contributed by atoms with Crippen LogP contribution >= 0.6 is 0 Å². The van der Waals surface area contributed by atoms with Crippen LogP contribution in [0.4, 0.5) is 13.6 Å². The van der Waals surface area contributed by atoms with Crippen molar-refractivity contribution in [2.24, 2.45) is 0 Å². The zero-order valence-corrected chi connectivity index (χ0v) is 15.2. The zero-order chi connectivity index (χ0) is 19.7. The SMILES string of the molecule is CC(F)(F)C[C@H](NC(=O)N1CCC2(CC1)OCCO2)C(=O)NC1(C#N)CC1. The minimum atomic E-state index is -3.14. The van der Waals surface area contributed by atoms with Gasteiger partial charge in [0, 0.05) is 32.4 Å². The van der Waals surface area contributed by atoms with Gasteiger partial charge in [-0.3, -0.25) is 4.79 Å². The summed E-state index contributed by atoms with van der Waals surface area (Å²) in [5.41, 5.74) is -0.988. The average Bonchev–Trinajstić information content (AvgIpc) is 3.24. The zero-order valence-electron chi connectivity index (χ0n) is 15.2. The maximum absolute atomic E-state index is 13.5. The van der Waals surface area contributed by atoms with Gasteiger partial charge in [-0.2, -0.15) is 5.26 Å². The van der Waals surface area contributed by atoms with Gasteiger partial charge in [-0.15, -0.1) is 0 Å². The highest BCUT2D eigenvalue weighted by Crippen LogP contribution is 2.35. The van der Waals surface area contributed by atoms with Crippen LogP contribution in [0.25, 0.3) is 0 Å². The van der Waals surface area contributed by atoms with Crippen LogP contribution in [0.5, 0.6) is 0 Å².